The van der Waals surface area contributed by atoms with Gasteiger partial charge in [-0.25, -0.2) is 0 Å². The molecule has 1 rings (SSSR count). The van der Waals surface area contributed by atoms with Gasteiger partial charge in [0.15, 0.2) is 0 Å². The summed E-state index contributed by atoms with van der Waals surface area (Å²) >= 11 is 41.0. The minimum Gasteiger partial charge on any atom is -0.508 e. The summed E-state index contributed by atoms with van der Waals surface area (Å²) in [4.78, 5) is 11.9. The number of carbonyl (C=O) groups is 1. The largest absolute Gasteiger partial charge is 0.508 e. The molecule has 0 aromatic heterocycles. The maximum Gasteiger partial charge on any atom is 0.236 e. The van der Waals surface area contributed by atoms with Crippen LogP contribution in [0.25, 0.3) is 0 Å². The van der Waals surface area contributed by atoms with Gasteiger partial charge in [-0.3, -0.25) is 4.79 Å². The number of benzene rings is 1. The number of phenols is 1. The van der Waals surface area contributed by atoms with E-state index < -0.39 is 26.3 Å². The van der Waals surface area contributed by atoms with Crippen LogP contribution in [-0.4, -0.2) is 16.9 Å². The fourth-order valence-corrected chi connectivity index (χ4v) is 3.00. The van der Waals surface area contributed by atoms with E-state index in [2.05, 4.69) is 5.32 Å². The van der Waals surface area contributed by atoms with E-state index in [-0.39, 0.29) is 21.4 Å². The quantitative estimate of drug-likeness (QED) is 0.555. The average molecular weight is 458 g/mol. The molecule has 0 saturated carbocycles. The maximum atomic E-state index is 11.9. The number of nitrogens with one attached hydrogen (secondary N) is 1. The molecule has 1 amide bonds. The van der Waals surface area contributed by atoms with E-state index in [1.807, 2.05) is 0 Å². The van der Waals surface area contributed by atoms with Crippen molar-refractivity contribution in [2.45, 2.75) is 5.54 Å². The molecule has 10 heteroatoms. The Hall–Kier alpha value is -0.000000000000000278. The van der Waals surface area contributed by atoms with Gasteiger partial charge >= 0.3 is 0 Å². The monoisotopic (exact) mass is 455 g/mol. The molecule has 0 fully saturated rings. The molecular formula is C13H8Cl7NO2. The average Bonchev–Trinajstić information content (AvgIpc) is 2.51. The summed E-state index contributed by atoms with van der Waals surface area (Å²) < 4.78 is -0.838. The zero-order valence-electron chi connectivity index (χ0n) is 11.0. The molecule has 0 atom stereocenters. The van der Waals surface area contributed by atoms with Gasteiger partial charge < -0.3 is 10.4 Å². The van der Waals surface area contributed by atoms with Crippen LogP contribution in [0, 0.1) is 0 Å². The second kappa shape index (κ2) is 8.91. The van der Waals surface area contributed by atoms with Crippen LogP contribution >= 0.6 is 81.2 Å². The zero-order valence-corrected chi connectivity index (χ0v) is 16.3. The number of para-hydroxylation sites is 1. The first kappa shape index (κ1) is 21.0. The van der Waals surface area contributed by atoms with Crippen LogP contribution in [0.4, 0.5) is 0 Å². The minimum atomic E-state index is -1.90. The molecule has 126 valence electrons. The second-order valence-corrected chi connectivity index (χ2v) is 7.02. The van der Waals surface area contributed by atoms with Gasteiger partial charge in [-0.1, -0.05) is 87.8 Å². The first-order valence-electron chi connectivity index (χ1n) is 5.76. The molecule has 1 aromatic carbocycles. The summed E-state index contributed by atoms with van der Waals surface area (Å²) in [6, 6.07) is 5.89. The highest BCUT2D eigenvalue weighted by Crippen LogP contribution is 2.48. The zero-order chi connectivity index (χ0) is 17.8. The lowest BCUT2D eigenvalue weighted by Crippen LogP contribution is -2.48. The third kappa shape index (κ3) is 4.55. The summed E-state index contributed by atoms with van der Waals surface area (Å²) in [5.41, 5.74) is -1.86. The molecule has 0 spiro atoms. The Kier molecular flexibility index (Phi) is 8.15. The molecule has 3 nitrogen and oxygen atoms in total. The number of rotatable bonds is 5. The van der Waals surface area contributed by atoms with E-state index in [1.165, 1.54) is 12.1 Å². The molecule has 0 aliphatic rings. The van der Waals surface area contributed by atoms with Gasteiger partial charge in [0.05, 0.1) is 10.1 Å². The van der Waals surface area contributed by atoms with Crippen molar-refractivity contribution >= 4 is 87.1 Å². The standard InChI is InChI=1S/C13H8Cl7NO2/c14-5-8(23)21-13(9(15)11(17)18,10(16)12(19)20)6-3-1-2-4-7(6)22/h1-4,22H,5H2,(H,21,23). The summed E-state index contributed by atoms with van der Waals surface area (Å²) in [6.07, 6.45) is 0. The number of phenolic OH excluding ortho intramolecular Hbond substituents is 1. The Bertz CT molecular complexity index is 640. The molecule has 0 saturated heterocycles. The number of aromatic hydroxyl groups is 1. The fraction of sp³-hybridized carbons (Fsp3) is 0.154. The van der Waals surface area contributed by atoms with Crippen molar-refractivity contribution in [3.8, 4) is 5.75 Å². The first-order chi connectivity index (χ1) is 10.7. The summed E-state index contributed by atoms with van der Waals surface area (Å²) in [5, 5.41) is 12.0. The third-order valence-corrected chi connectivity index (χ3v) is 5.08. The number of hydrogen-bond donors (Lipinski definition) is 2. The molecule has 2 N–H and O–H groups in total. The van der Waals surface area contributed by atoms with Crippen molar-refractivity contribution in [1.82, 2.24) is 5.32 Å². The number of alkyl halides is 1. The first-order valence-corrected chi connectivity index (χ1v) is 8.56. The number of hydrogen-bond acceptors (Lipinski definition) is 2. The molecule has 0 bridgehead atoms. The van der Waals surface area contributed by atoms with Crippen molar-refractivity contribution in [1.29, 1.82) is 0 Å². The van der Waals surface area contributed by atoms with Gasteiger partial charge in [0, 0.05) is 5.56 Å². The van der Waals surface area contributed by atoms with Gasteiger partial charge in [-0.2, -0.15) is 0 Å². The van der Waals surface area contributed by atoms with Crippen molar-refractivity contribution in [2.24, 2.45) is 0 Å². The fourth-order valence-electron chi connectivity index (χ4n) is 1.83. The van der Waals surface area contributed by atoms with Gasteiger partial charge in [0.1, 0.15) is 26.2 Å². The van der Waals surface area contributed by atoms with Crippen LogP contribution in [-0.2, 0) is 10.3 Å². The maximum absolute atomic E-state index is 11.9. The lowest BCUT2D eigenvalue weighted by atomic mass is 9.88. The molecule has 0 radical (unpaired) electrons. The minimum absolute atomic E-state index is 0.0473. The second-order valence-electron chi connectivity index (χ2n) is 4.10. The van der Waals surface area contributed by atoms with Crippen LogP contribution in [0.3, 0.4) is 0 Å². The van der Waals surface area contributed by atoms with E-state index in [0.29, 0.717) is 0 Å². The third-order valence-electron chi connectivity index (χ3n) is 2.75. The highest BCUT2D eigenvalue weighted by atomic mass is 35.5. The number of halogens is 7. The lowest BCUT2D eigenvalue weighted by Gasteiger charge is -2.35. The molecule has 0 aliphatic heterocycles. The van der Waals surface area contributed by atoms with Crippen LogP contribution in [0.15, 0.2) is 43.3 Å². The molecule has 0 heterocycles. The van der Waals surface area contributed by atoms with Gasteiger partial charge in [0.25, 0.3) is 0 Å². The van der Waals surface area contributed by atoms with E-state index in [9.17, 15) is 9.90 Å². The van der Waals surface area contributed by atoms with Crippen molar-refractivity contribution in [3.63, 3.8) is 0 Å². The normalized spacial score (nSPS) is 10.9. The van der Waals surface area contributed by atoms with Crippen molar-refractivity contribution in [3.05, 3.63) is 48.9 Å². The van der Waals surface area contributed by atoms with E-state index in [4.69, 9.17) is 81.2 Å². The molecule has 0 aliphatic carbocycles. The lowest BCUT2D eigenvalue weighted by molar-refractivity contribution is -0.119. The predicted molar refractivity (Wildman–Crippen MR) is 97.8 cm³/mol. The Morgan fingerprint density at radius 3 is 1.87 bits per heavy atom. The van der Waals surface area contributed by atoms with Gasteiger partial charge in [-0.15, -0.1) is 11.6 Å². The summed E-state index contributed by atoms with van der Waals surface area (Å²) in [7, 11) is 0. The predicted octanol–water partition coefficient (Wildman–Crippen LogP) is 5.71. The van der Waals surface area contributed by atoms with E-state index in [0.717, 1.165) is 0 Å². The van der Waals surface area contributed by atoms with E-state index >= 15 is 0 Å². The highest BCUT2D eigenvalue weighted by molar-refractivity contribution is 6.61. The van der Waals surface area contributed by atoms with Crippen LogP contribution in [0.2, 0.25) is 0 Å². The van der Waals surface area contributed by atoms with Crippen molar-refractivity contribution < 1.29 is 9.90 Å². The Labute approximate surface area is 167 Å². The molecule has 23 heavy (non-hydrogen) atoms. The van der Waals surface area contributed by atoms with Crippen LogP contribution in [0.1, 0.15) is 5.56 Å². The molecular weight excluding hydrogens is 450 g/mol. The number of amides is 1. The number of carbonyl (C=O) groups excluding carboxylic acids is 1. The van der Waals surface area contributed by atoms with Gasteiger partial charge in [-0.05, 0) is 6.07 Å². The SMILES string of the molecule is O=C(CCl)NC(C(Cl)=C(Cl)Cl)(C(Cl)=C(Cl)Cl)c1ccccc1O. The van der Waals surface area contributed by atoms with Crippen LogP contribution < -0.4 is 5.32 Å². The summed E-state index contributed by atoms with van der Waals surface area (Å²) in [5.74, 6) is -1.37. The Balaban J connectivity index is 3.89. The van der Waals surface area contributed by atoms with Crippen molar-refractivity contribution in [2.75, 3.05) is 5.88 Å². The van der Waals surface area contributed by atoms with E-state index in [1.54, 1.807) is 12.1 Å². The highest BCUT2D eigenvalue weighted by Gasteiger charge is 2.45. The van der Waals surface area contributed by atoms with Crippen LogP contribution in [0.5, 0.6) is 5.75 Å². The topological polar surface area (TPSA) is 49.3 Å². The Morgan fingerprint density at radius 1 is 1.00 bits per heavy atom. The summed E-state index contributed by atoms with van der Waals surface area (Å²) in [6.45, 7) is 0. The van der Waals surface area contributed by atoms with Gasteiger partial charge in [0.2, 0.25) is 5.91 Å². The molecule has 0 unspecified atom stereocenters. The smallest absolute Gasteiger partial charge is 0.236 e. The molecule has 1 aromatic rings. The Morgan fingerprint density at radius 2 is 1.48 bits per heavy atom.